The molecular weight excluding hydrogens is 395 g/mol. The largest absolute Gasteiger partial charge is 0.353 e. The van der Waals surface area contributed by atoms with Crippen molar-refractivity contribution in [2.24, 2.45) is 4.99 Å². The highest BCUT2D eigenvalue weighted by Crippen LogP contribution is 2.43. The van der Waals surface area contributed by atoms with Crippen LogP contribution in [0.1, 0.15) is 11.1 Å². The van der Waals surface area contributed by atoms with E-state index in [0.29, 0.717) is 5.88 Å². The van der Waals surface area contributed by atoms with Gasteiger partial charge in [0.25, 0.3) is 0 Å². The first-order valence-electron chi connectivity index (χ1n) is 9.33. The van der Waals surface area contributed by atoms with Crippen LogP contribution in [0.2, 0.25) is 0 Å². The second-order valence-corrected chi connectivity index (χ2v) is 8.60. The highest BCUT2D eigenvalue weighted by molar-refractivity contribution is 7.23. The lowest BCUT2D eigenvalue weighted by Crippen LogP contribution is -2.47. The molecule has 2 aromatic carbocycles. The number of hydrogen-bond donors (Lipinski definition) is 1. The van der Waals surface area contributed by atoms with Crippen LogP contribution in [-0.4, -0.2) is 48.9 Å². The minimum atomic E-state index is -0.216. The number of anilines is 2. The van der Waals surface area contributed by atoms with E-state index in [4.69, 9.17) is 16.6 Å². The summed E-state index contributed by atoms with van der Waals surface area (Å²) < 4.78 is 14.8. The second-order valence-electron chi connectivity index (χ2n) is 7.28. The predicted molar refractivity (Wildman–Crippen MR) is 116 cm³/mol. The second kappa shape index (κ2) is 7.03. The van der Waals surface area contributed by atoms with Crippen molar-refractivity contribution in [2.75, 3.05) is 38.5 Å². The lowest BCUT2D eigenvalue weighted by atomic mass is 10.1. The van der Waals surface area contributed by atoms with Gasteiger partial charge in [0.05, 0.1) is 16.9 Å². The third-order valence-corrected chi connectivity index (χ3v) is 6.74. The Hall–Kier alpha value is -2.15. The van der Waals surface area contributed by atoms with Gasteiger partial charge in [-0.3, -0.25) is 0 Å². The molecule has 1 N–H and O–H groups in total. The van der Waals surface area contributed by atoms with Crippen LogP contribution in [0.15, 0.2) is 41.4 Å². The number of hydrogen-bond acceptors (Lipinski definition) is 5. The molecule has 1 aromatic heterocycles. The SMILES string of the molecule is CN1CCN(C2=Nc3ccc(CCl)cc3Nc3sc4cc(F)ccc4c32)CC1. The molecule has 0 saturated carbocycles. The summed E-state index contributed by atoms with van der Waals surface area (Å²) in [6.07, 6.45) is 0. The molecule has 28 heavy (non-hydrogen) atoms. The van der Waals surface area contributed by atoms with Crippen molar-refractivity contribution in [3.05, 3.63) is 53.3 Å². The lowest BCUT2D eigenvalue weighted by molar-refractivity contribution is 0.216. The summed E-state index contributed by atoms with van der Waals surface area (Å²) in [7, 11) is 2.14. The number of alkyl halides is 1. The summed E-state index contributed by atoms with van der Waals surface area (Å²) in [5.41, 5.74) is 3.95. The van der Waals surface area contributed by atoms with Gasteiger partial charge >= 0.3 is 0 Å². The molecule has 0 spiro atoms. The summed E-state index contributed by atoms with van der Waals surface area (Å²) >= 11 is 7.61. The summed E-state index contributed by atoms with van der Waals surface area (Å²) in [5, 5.41) is 5.59. The van der Waals surface area contributed by atoms with Crippen molar-refractivity contribution in [3.8, 4) is 0 Å². The van der Waals surface area contributed by atoms with E-state index in [1.54, 1.807) is 17.4 Å². The molecular formula is C21H20ClFN4S. The smallest absolute Gasteiger partial charge is 0.140 e. The number of benzene rings is 2. The van der Waals surface area contributed by atoms with Gasteiger partial charge in [-0.15, -0.1) is 22.9 Å². The number of halogens is 2. The highest BCUT2D eigenvalue weighted by Gasteiger charge is 2.27. The van der Waals surface area contributed by atoms with Crippen LogP contribution in [0.25, 0.3) is 10.1 Å². The third kappa shape index (κ3) is 3.05. The first kappa shape index (κ1) is 17.9. The van der Waals surface area contributed by atoms with Gasteiger partial charge in [-0.25, -0.2) is 9.38 Å². The van der Waals surface area contributed by atoms with Crippen LogP contribution in [0, 0.1) is 5.82 Å². The molecule has 0 amide bonds. The molecule has 144 valence electrons. The number of nitrogens with one attached hydrogen (secondary N) is 1. The molecule has 3 aromatic rings. The van der Waals surface area contributed by atoms with E-state index < -0.39 is 0 Å². The van der Waals surface area contributed by atoms with Gasteiger partial charge in [-0.1, -0.05) is 6.07 Å². The van der Waals surface area contributed by atoms with Crippen LogP contribution in [0.3, 0.4) is 0 Å². The van der Waals surface area contributed by atoms with Crippen molar-refractivity contribution in [2.45, 2.75) is 5.88 Å². The average molecular weight is 415 g/mol. The van der Waals surface area contributed by atoms with Crippen molar-refractivity contribution in [1.82, 2.24) is 9.80 Å². The first-order valence-corrected chi connectivity index (χ1v) is 10.7. The maximum atomic E-state index is 13.8. The molecule has 0 atom stereocenters. The maximum Gasteiger partial charge on any atom is 0.140 e. The number of likely N-dealkylation sites (N-methyl/N-ethyl adjacent to an activating group) is 1. The molecule has 0 unspecified atom stereocenters. The maximum absolute atomic E-state index is 13.8. The molecule has 1 saturated heterocycles. The average Bonchev–Trinajstić information content (AvgIpc) is 2.95. The molecule has 2 aliphatic heterocycles. The van der Waals surface area contributed by atoms with Crippen molar-refractivity contribution in [1.29, 1.82) is 0 Å². The number of fused-ring (bicyclic) bond motifs is 4. The fourth-order valence-electron chi connectivity index (χ4n) is 3.78. The highest BCUT2D eigenvalue weighted by atomic mass is 35.5. The Labute approximate surface area is 172 Å². The van der Waals surface area contributed by atoms with Gasteiger partial charge in [0, 0.05) is 42.1 Å². The summed E-state index contributed by atoms with van der Waals surface area (Å²) in [4.78, 5) is 9.76. The Morgan fingerprint density at radius 2 is 1.96 bits per heavy atom. The van der Waals surface area contributed by atoms with Gasteiger partial charge in [-0.2, -0.15) is 0 Å². The zero-order valence-electron chi connectivity index (χ0n) is 15.5. The molecule has 1 fully saturated rings. The molecule has 0 aliphatic carbocycles. The molecule has 7 heteroatoms. The Balaban J connectivity index is 1.71. The van der Waals surface area contributed by atoms with Gasteiger partial charge < -0.3 is 15.1 Å². The van der Waals surface area contributed by atoms with Crippen LogP contribution < -0.4 is 5.32 Å². The molecule has 2 aliphatic rings. The molecule has 0 radical (unpaired) electrons. The zero-order valence-corrected chi connectivity index (χ0v) is 17.1. The summed E-state index contributed by atoms with van der Waals surface area (Å²) in [5.74, 6) is 1.20. The number of piperazine rings is 1. The van der Waals surface area contributed by atoms with E-state index in [1.807, 2.05) is 24.3 Å². The third-order valence-electron chi connectivity index (χ3n) is 5.37. The van der Waals surface area contributed by atoms with Crippen molar-refractivity contribution in [3.63, 3.8) is 0 Å². The quantitative estimate of drug-likeness (QED) is 0.558. The predicted octanol–water partition coefficient (Wildman–Crippen LogP) is 5.16. The Morgan fingerprint density at radius 3 is 2.75 bits per heavy atom. The Bertz CT molecular complexity index is 1090. The van der Waals surface area contributed by atoms with Crippen molar-refractivity contribution >= 4 is 55.2 Å². The number of nitrogens with zero attached hydrogens (tertiary/aromatic N) is 3. The fourth-order valence-corrected chi connectivity index (χ4v) is 5.09. The minimum absolute atomic E-state index is 0.216. The lowest BCUT2D eigenvalue weighted by Gasteiger charge is -2.34. The molecule has 5 rings (SSSR count). The van der Waals surface area contributed by atoms with Crippen LogP contribution >= 0.6 is 22.9 Å². The zero-order chi connectivity index (χ0) is 19.3. The summed E-state index contributed by atoms with van der Waals surface area (Å²) in [6, 6.07) is 11.1. The number of aliphatic imine (C=N–C) groups is 1. The number of amidine groups is 1. The standard InChI is InChI=1S/C21H20ClFN4S/c1-26-6-8-27(9-7-26)20-19-15-4-3-14(23)11-18(15)28-21(19)25-17-10-13(12-22)2-5-16(17)24-20/h2-5,10-11,25H,6-9,12H2,1H3. The Morgan fingerprint density at radius 1 is 1.14 bits per heavy atom. The van der Waals surface area contributed by atoms with E-state index in [2.05, 4.69) is 22.2 Å². The van der Waals surface area contributed by atoms with Crippen LogP contribution in [0.5, 0.6) is 0 Å². The van der Waals surface area contributed by atoms with Gasteiger partial charge in [0.2, 0.25) is 0 Å². The van der Waals surface area contributed by atoms with Gasteiger partial charge in [0.1, 0.15) is 16.7 Å². The molecule has 0 bridgehead atoms. The first-order chi connectivity index (χ1) is 13.6. The van der Waals surface area contributed by atoms with Crippen LogP contribution in [0.4, 0.5) is 20.8 Å². The van der Waals surface area contributed by atoms with E-state index >= 15 is 0 Å². The topological polar surface area (TPSA) is 30.9 Å². The molecule has 4 nitrogen and oxygen atoms in total. The molecule has 3 heterocycles. The number of rotatable bonds is 1. The van der Waals surface area contributed by atoms with Crippen molar-refractivity contribution < 1.29 is 4.39 Å². The fraction of sp³-hybridized carbons (Fsp3) is 0.286. The van der Waals surface area contributed by atoms with Gasteiger partial charge in [-0.05, 0) is 42.9 Å². The summed E-state index contributed by atoms with van der Waals surface area (Å²) in [6.45, 7) is 3.83. The van der Waals surface area contributed by atoms with Crippen LogP contribution in [-0.2, 0) is 5.88 Å². The van der Waals surface area contributed by atoms with E-state index in [-0.39, 0.29) is 5.82 Å². The minimum Gasteiger partial charge on any atom is -0.353 e. The van der Waals surface area contributed by atoms with E-state index in [0.717, 1.165) is 69.6 Å². The van der Waals surface area contributed by atoms with Gasteiger partial charge in [0.15, 0.2) is 0 Å². The Kier molecular flexibility index (Phi) is 4.50. The van der Waals surface area contributed by atoms with E-state index in [1.165, 1.54) is 6.07 Å². The normalized spacial score (nSPS) is 17.0. The number of thiophene rings is 1. The van der Waals surface area contributed by atoms with E-state index in [9.17, 15) is 4.39 Å². The monoisotopic (exact) mass is 414 g/mol.